The summed E-state index contributed by atoms with van der Waals surface area (Å²) < 4.78 is 12.0. The highest BCUT2D eigenvalue weighted by Crippen LogP contribution is 2.24. The Kier molecular flexibility index (Phi) is 6.44. The van der Waals surface area contributed by atoms with E-state index in [2.05, 4.69) is 30.8 Å². The van der Waals surface area contributed by atoms with Gasteiger partial charge in [0.15, 0.2) is 6.10 Å². The SMILES string of the molecule is COC(=O)[C@H](C)Oc1ccc([N+](=O)[O-])cc1C=Nn1c(C)nc2ccc(Br)cc2c1=O. The molecule has 1 heterocycles. The van der Waals surface area contributed by atoms with Crippen LogP contribution in [0.25, 0.3) is 10.9 Å². The average molecular weight is 489 g/mol. The first-order valence-corrected chi connectivity index (χ1v) is 9.76. The number of hydrogen-bond donors (Lipinski definition) is 0. The number of esters is 1. The molecule has 0 unspecified atom stereocenters. The van der Waals surface area contributed by atoms with Crippen molar-refractivity contribution in [3.05, 3.63) is 72.7 Å². The van der Waals surface area contributed by atoms with Crippen molar-refractivity contribution in [1.82, 2.24) is 9.66 Å². The van der Waals surface area contributed by atoms with E-state index in [4.69, 9.17) is 4.74 Å². The van der Waals surface area contributed by atoms with Crippen LogP contribution in [0.5, 0.6) is 5.75 Å². The van der Waals surface area contributed by atoms with Gasteiger partial charge in [-0.05, 0) is 38.1 Å². The van der Waals surface area contributed by atoms with E-state index in [0.717, 1.165) is 4.68 Å². The number of aryl methyl sites for hydroxylation is 1. The van der Waals surface area contributed by atoms with Crippen LogP contribution in [-0.2, 0) is 9.53 Å². The fraction of sp³-hybridized carbons (Fsp3) is 0.200. The Labute approximate surface area is 184 Å². The predicted molar refractivity (Wildman–Crippen MR) is 117 cm³/mol. The van der Waals surface area contributed by atoms with Gasteiger partial charge in [-0.25, -0.2) is 9.78 Å². The van der Waals surface area contributed by atoms with Gasteiger partial charge in [0.05, 0.1) is 29.2 Å². The van der Waals surface area contributed by atoms with Crippen LogP contribution in [0.4, 0.5) is 5.69 Å². The van der Waals surface area contributed by atoms with Crippen LogP contribution in [-0.4, -0.2) is 40.0 Å². The number of methoxy groups -OCH3 is 1. The summed E-state index contributed by atoms with van der Waals surface area (Å²) in [6.07, 6.45) is 0.287. The van der Waals surface area contributed by atoms with Gasteiger partial charge < -0.3 is 9.47 Å². The third kappa shape index (κ3) is 4.77. The normalized spacial score (nSPS) is 12.1. The molecule has 1 aromatic heterocycles. The molecule has 0 fully saturated rings. The monoisotopic (exact) mass is 488 g/mol. The molecule has 3 aromatic rings. The van der Waals surface area contributed by atoms with Gasteiger partial charge in [-0.15, -0.1) is 0 Å². The molecule has 10 nitrogen and oxygen atoms in total. The molecule has 0 aliphatic heterocycles. The van der Waals surface area contributed by atoms with E-state index in [1.165, 1.54) is 38.4 Å². The lowest BCUT2D eigenvalue weighted by molar-refractivity contribution is -0.384. The molecule has 31 heavy (non-hydrogen) atoms. The molecule has 0 amide bonds. The van der Waals surface area contributed by atoms with E-state index in [9.17, 15) is 19.7 Å². The Morgan fingerprint density at radius 2 is 2.06 bits per heavy atom. The van der Waals surface area contributed by atoms with Gasteiger partial charge in [0, 0.05) is 22.2 Å². The van der Waals surface area contributed by atoms with Crippen molar-refractivity contribution in [3.63, 3.8) is 0 Å². The molecule has 160 valence electrons. The molecule has 3 rings (SSSR count). The quantitative estimate of drug-likeness (QED) is 0.225. The van der Waals surface area contributed by atoms with Crippen molar-refractivity contribution in [2.45, 2.75) is 20.0 Å². The lowest BCUT2D eigenvalue weighted by Gasteiger charge is -2.14. The van der Waals surface area contributed by atoms with Crippen LogP contribution in [0.2, 0.25) is 0 Å². The summed E-state index contributed by atoms with van der Waals surface area (Å²) in [7, 11) is 1.22. The summed E-state index contributed by atoms with van der Waals surface area (Å²) in [6.45, 7) is 3.10. The van der Waals surface area contributed by atoms with Gasteiger partial charge in [-0.2, -0.15) is 9.78 Å². The third-order valence-corrected chi connectivity index (χ3v) is 4.82. The zero-order valence-electron chi connectivity index (χ0n) is 16.7. The lowest BCUT2D eigenvalue weighted by atomic mass is 10.2. The number of nitro benzene ring substituents is 1. The Morgan fingerprint density at radius 1 is 1.32 bits per heavy atom. The summed E-state index contributed by atoms with van der Waals surface area (Å²) in [6, 6.07) is 8.94. The smallest absolute Gasteiger partial charge is 0.346 e. The maximum absolute atomic E-state index is 12.9. The summed E-state index contributed by atoms with van der Waals surface area (Å²) in [5.41, 5.74) is 0.106. The Hall–Kier alpha value is -3.60. The van der Waals surface area contributed by atoms with Crippen LogP contribution >= 0.6 is 15.9 Å². The first-order valence-electron chi connectivity index (χ1n) is 8.97. The second kappa shape index (κ2) is 9.04. The highest BCUT2D eigenvalue weighted by molar-refractivity contribution is 9.10. The molecule has 0 aliphatic rings. The summed E-state index contributed by atoms with van der Waals surface area (Å²) in [5, 5.41) is 15.7. The van der Waals surface area contributed by atoms with Gasteiger partial charge in [0.25, 0.3) is 11.2 Å². The number of fused-ring (bicyclic) bond motifs is 1. The number of ether oxygens (including phenoxy) is 2. The van der Waals surface area contributed by atoms with E-state index < -0.39 is 22.6 Å². The van der Waals surface area contributed by atoms with E-state index in [1.54, 1.807) is 25.1 Å². The van der Waals surface area contributed by atoms with Gasteiger partial charge in [-0.1, -0.05) is 15.9 Å². The van der Waals surface area contributed by atoms with Gasteiger partial charge in [0.1, 0.15) is 11.6 Å². The molecule has 2 aromatic carbocycles. The number of hydrogen-bond acceptors (Lipinski definition) is 8. The maximum Gasteiger partial charge on any atom is 0.346 e. The average Bonchev–Trinajstić information content (AvgIpc) is 2.74. The zero-order valence-corrected chi connectivity index (χ0v) is 18.3. The lowest BCUT2D eigenvalue weighted by Crippen LogP contribution is -2.25. The van der Waals surface area contributed by atoms with E-state index in [0.29, 0.717) is 21.2 Å². The zero-order chi connectivity index (χ0) is 22.7. The summed E-state index contributed by atoms with van der Waals surface area (Å²) in [4.78, 5) is 39.5. The van der Waals surface area contributed by atoms with Gasteiger partial charge >= 0.3 is 5.97 Å². The third-order valence-electron chi connectivity index (χ3n) is 4.32. The number of benzene rings is 2. The van der Waals surface area contributed by atoms with Crippen LogP contribution < -0.4 is 10.3 Å². The standard InChI is InChI=1S/C20H17BrN4O6/c1-11(20(27)30-3)31-18-7-5-15(25(28)29)8-13(18)10-22-24-12(2)23-17-6-4-14(21)9-16(17)19(24)26/h4-11H,1-3H3/t11-/m0/s1. The highest BCUT2D eigenvalue weighted by atomic mass is 79.9. The minimum Gasteiger partial charge on any atom is -0.478 e. The molecule has 0 radical (unpaired) electrons. The largest absolute Gasteiger partial charge is 0.478 e. The predicted octanol–water partition coefficient (Wildman–Crippen LogP) is 3.20. The number of aromatic nitrogens is 2. The molecule has 0 N–H and O–H groups in total. The topological polar surface area (TPSA) is 126 Å². The van der Waals surface area contributed by atoms with Crippen LogP contribution in [0, 0.1) is 17.0 Å². The van der Waals surface area contributed by atoms with E-state index >= 15 is 0 Å². The van der Waals surface area contributed by atoms with Crippen molar-refractivity contribution >= 4 is 44.7 Å². The Bertz CT molecular complexity index is 1270. The second-order valence-electron chi connectivity index (χ2n) is 6.44. The second-order valence-corrected chi connectivity index (χ2v) is 7.36. The molecular weight excluding hydrogens is 472 g/mol. The van der Waals surface area contributed by atoms with Crippen LogP contribution in [0.1, 0.15) is 18.3 Å². The first-order chi connectivity index (χ1) is 14.7. The number of non-ortho nitro benzene ring substituents is 1. The van der Waals surface area contributed by atoms with Crippen molar-refractivity contribution in [2.24, 2.45) is 5.10 Å². The summed E-state index contributed by atoms with van der Waals surface area (Å²) in [5.74, 6) is -0.126. The van der Waals surface area contributed by atoms with Crippen LogP contribution in [0.3, 0.4) is 0 Å². The van der Waals surface area contributed by atoms with Crippen molar-refractivity contribution in [1.29, 1.82) is 0 Å². The molecular formula is C20H17BrN4O6. The molecule has 0 aliphatic carbocycles. The fourth-order valence-corrected chi connectivity index (χ4v) is 3.14. The van der Waals surface area contributed by atoms with Crippen molar-refractivity contribution in [2.75, 3.05) is 7.11 Å². The number of carbonyl (C=O) groups excluding carboxylic acids is 1. The minimum absolute atomic E-state index is 0.162. The number of nitrogens with zero attached hydrogens (tertiary/aromatic N) is 4. The first kappa shape index (κ1) is 22.1. The molecule has 0 spiro atoms. The highest BCUT2D eigenvalue weighted by Gasteiger charge is 2.18. The van der Waals surface area contributed by atoms with Gasteiger partial charge in [-0.3, -0.25) is 14.9 Å². The van der Waals surface area contributed by atoms with Crippen molar-refractivity contribution in [3.8, 4) is 5.75 Å². The molecule has 0 bridgehead atoms. The summed E-state index contributed by atoms with van der Waals surface area (Å²) >= 11 is 3.32. The molecule has 1 atom stereocenters. The minimum atomic E-state index is -0.956. The number of nitro groups is 1. The molecule has 0 saturated heterocycles. The maximum atomic E-state index is 12.9. The van der Waals surface area contributed by atoms with Gasteiger partial charge in [0.2, 0.25) is 0 Å². The van der Waals surface area contributed by atoms with E-state index in [1.807, 2.05) is 0 Å². The molecule has 0 saturated carbocycles. The van der Waals surface area contributed by atoms with Crippen LogP contribution in [0.15, 0.2) is 50.8 Å². The molecule has 11 heteroatoms. The Morgan fingerprint density at radius 3 is 2.74 bits per heavy atom. The number of rotatable bonds is 6. The van der Waals surface area contributed by atoms with E-state index in [-0.39, 0.29) is 17.0 Å². The Balaban J connectivity index is 2.08. The fourth-order valence-electron chi connectivity index (χ4n) is 2.78. The number of carbonyl (C=O) groups is 1. The van der Waals surface area contributed by atoms with Crippen molar-refractivity contribution < 1.29 is 19.2 Å². The number of halogens is 1.